The first-order valence-electron chi connectivity index (χ1n) is 5.64. The van der Waals surface area contributed by atoms with Crippen molar-refractivity contribution in [2.75, 3.05) is 13.7 Å². The van der Waals surface area contributed by atoms with Crippen molar-refractivity contribution < 1.29 is 9.47 Å². The summed E-state index contributed by atoms with van der Waals surface area (Å²) in [5.41, 5.74) is 0.794. The number of halogens is 1. The zero-order valence-corrected chi connectivity index (χ0v) is 11.3. The molecule has 0 aliphatic carbocycles. The maximum Gasteiger partial charge on any atom is 0.179 e. The molecule has 0 unspecified atom stereocenters. The molecule has 0 aliphatic rings. The van der Waals surface area contributed by atoms with Gasteiger partial charge in [0.05, 0.1) is 25.0 Å². The van der Waals surface area contributed by atoms with Gasteiger partial charge in [0.15, 0.2) is 11.5 Å². The van der Waals surface area contributed by atoms with Crippen molar-refractivity contribution in [1.82, 2.24) is 14.9 Å². The fourth-order valence-corrected chi connectivity index (χ4v) is 1.81. The molecule has 19 heavy (non-hydrogen) atoms. The predicted octanol–water partition coefficient (Wildman–Crippen LogP) is 2.22. The van der Waals surface area contributed by atoms with Crippen molar-refractivity contribution in [1.29, 1.82) is 0 Å². The summed E-state index contributed by atoms with van der Waals surface area (Å²) in [5, 5.41) is 11.9. The Morgan fingerprint density at radius 1 is 1.37 bits per heavy atom. The molecular weight excluding hydrogens is 268 g/mol. The number of nitrogens with zero attached hydrogens (tertiary/aromatic N) is 4. The van der Waals surface area contributed by atoms with Crippen molar-refractivity contribution >= 4 is 17.8 Å². The Morgan fingerprint density at radius 3 is 2.74 bits per heavy atom. The average molecular weight is 281 g/mol. The van der Waals surface area contributed by atoms with Crippen LogP contribution in [0.25, 0.3) is 0 Å². The van der Waals surface area contributed by atoms with Crippen molar-refractivity contribution in [2.45, 2.75) is 6.92 Å². The number of hydrogen-bond donors (Lipinski definition) is 0. The maximum atomic E-state index is 6.13. The first-order chi connectivity index (χ1) is 9.24. The van der Waals surface area contributed by atoms with Gasteiger partial charge in [-0.25, -0.2) is 4.68 Å². The second-order valence-electron chi connectivity index (χ2n) is 3.55. The van der Waals surface area contributed by atoms with Gasteiger partial charge in [0, 0.05) is 0 Å². The first kappa shape index (κ1) is 13.4. The van der Waals surface area contributed by atoms with E-state index in [1.54, 1.807) is 19.4 Å². The maximum absolute atomic E-state index is 6.13. The molecule has 7 heteroatoms. The lowest BCUT2D eigenvalue weighted by atomic mass is 10.2. The van der Waals surface area contributed by atoms with Crippen molar-refractivity contribution in [3.8, 4) is 11.5 Å². The monoisotopic (exact) mass is 280 g/mol. The van der Waals surface area contributed by atoms with Crippen LogP contribution in [0.5, 0.6) is 11.5 Å². The molecule has 0 amide bonds. The van der Waals surface area contributed by atoms with E-state index in [-0.39, 0.29) is 0 Å². The van der Waals surface area contributed by atoms with E-state index in [4.69, 9.17) is 21.1 Å². The smallest absolute Gasteiger partial charge is 0.179 e. The van der Waals surface area contributed by atoms with E-state index < -0.39 is 0 Å². The Balaban J connectivity index is 2.31. The van der Waals surface area contributed by atoms with E-state index in [2.05, 4.69) is 15.3 Å². The fourth-order valence-electron chi connectivity index (χ4n) is 1.51. The summed E-state index contributed by atoms with van der Waals surface area (Å²) >= 11 is 6.13. The van der Waals surface area contributed by atoms with Crippen LogP contribution in [-0.2, 0) is 0 Å². The van der Waals surface area contributed by atoms with Crippen LogP contribution in [-0.4, -0.2) is 34.8 Å². The van der Waals surface area contributed by atoms with Crippen LogP contribution in [0.15, 0.2) is 29.9 Å². The summed E-state index contributed by atoms with van der Waals surface area (Å²) in [7, 11) is 1.55. The van der Waals surface area contributed by atoms with Crippen molar-refractivity contribution in [3.05, 3.63) is 35.4 Å². The number of rotatable bonds is 5. The van der Waals surface area contributed by atoms with Crippen LogP contribution in [0.4, 0.5) is 0 Å². The molecule has 0 spiro atoms. The molecule has 6 nitrogen and oxygen atoms in total. The van der Waals surface area contributed by atoms with Crippen LogP contribution < -0.4 is 9.47 Å². The van der Waals surface area contributed by atoms with Gasteiger partial charge >= 0.3 is 0 Å². The van der Waals surface area contributed by atoms with Gasteiger partial charge in [0.2, 0.25) is 0 Å². The second-order valence-corrected chi connectivity index (χ2v) is 3.96. The van der Waals surface area contributed by atoms with E-state index in [9.17, 15) is 0 Å². The highest BCUT2D eigenvalue weighted by Crippen LogP contribution is 2.35. The normalized spacial score (nSPS) is 10.9. The number of ether oxygens (including phenoxy) is 2. The highest BCUT2D eigenvalue weighted by atomic mass is 35.5. The Kier molecular flexibility index (Phi) is 4.35. The van der Waals surface area contributed by atoms with Crippen molar-refractivity contribution in [3.63, 3.8) is 0 Å². The summed E-state index contributed by atoms with van der Waals surface area (Å²) in [6.07, 6.45) is 4.62. The number of hydrogen-bond acceptors (Lipinski definition) is 5. The number of methoxy groups -OCH3 is 1. The lowest BCUT2D eigenvalue weighted by Gasteiger charge is -2.11. The molecule has 2 aromatic rings. The topological polar surface area (TPSA) is 61.5 Å². The Hall–Kier alpha value is -2.08. The summed E-state index contributed by atoms with van der Waals surface area (Å²) < 4.78 is 12.2. The predicted molar refractivity (Wildman–Crippen MR) is 72.2 cm³/mol. The van der Waals surface area contributed by atoms with E-state index >= 15 is 0 Å². The molecule has 100 valence electrons. The SMILES string of the molecule is CCOc1cc(/C=N\n2cnnc2)cc(Cl)c1OC. The summed E-state index contributed by atoms with van der Waals surface area (Å²) in [5.74, 6) is 1.10. The van der Waals surface area contributed by atoms with Crippen LogP contribution in [0.3, 0.4) is 0 Å². The minimum Gasteiger partial charge on any atom is -0.491 e. The molecule has 1 heterocycles. The van der Waals surface area contributed by atoms with Crippen LogP contribution >= 0.6 is 11.6 Å². The molecule has 1 aromatic heterocycles. The van der Waals surface area contributed by atoms with Gasteiger partial charge in [0.1, 0.15) is 12.7 Å². The Bertz CT molecular complexity index is 569. The van der Waals surface area contributed by atoms with E-state index in [0.29, 0.717) is 23.1 Å². The molecule has 0 saturated heterocycles. The molecule has 0 radical (unpaired) electrons. The van der Waals surface area contributed by atoms with Gasteiger partial charge < -0.3 is 9.47 Å². The van der Waals surface area contributed by atoms with Gasteiger partial charge in [-0.3, -0.25) is 0 Å². The zero-order valence-electron chi connectivity index (χ0n) is 10.6. The summed E-state index contributed by atoms with van der Waals surface area (Å²) in [6.45, 7) is 2.42. The van der Waals surface area contributed by atoms with Gasteiger partial charge in [-0.1, -0.05) is 11.6 Å². The minimum absolute atomic E-state index is 0.471. The highest BCUT2D eigenvalue weighted by molar-refractivity contribution is 6.32. The quantitative estimate of drug-likeness (QED) is 0.788. The first-order valence-corrected chi connectivity index (χ1v) is 6.01. The van der Waals surface area contributed by atoms with Crippen LogP contribution in [0, 0.1) is 0 Å². The number of benzene rings is 1. The zero-order chi connectivity index (χ0) is 13.7. The molecule has 0 bridgehead atoms. The lowest BCUT2D eigenvalue weighted by Crippen LogP contribution is -1.98. The van der Waals surface area contributed by atoms with Crippen molar-refractivity contribution in [2.24, 2.45) is 5.10 Å². The van der Waals surface area contributed by atoms with Gasteiger partial charge in [0.25, 0.3) is 0 Å². The van der Waals surface area contributed by atoms with Crippen LogP contribution in [0.1, 0.15) is 12.5 Å². The van der Waals surface area contributed by atoms with E-state index in [1.165, 1.54) is 17.3 Å². The molecule has 0 fully saturated rings. The van der Waals surface area contributed by atoms with Crippen LogP contribution in [0.2, 0.25) is 5.02 Å². The lowest BCUT2D eigenvalue weighted by molar-refractivity contribution is 0.311. The Labute approximate surface area is 115 Å². The molecule has 0 atom stereocenters. The largest absolute Gasteiger partial charge is 0.491 e. The third kappa shape index (κ3) is 3.23. The fraction of sp³-hybridized carbons (Fsp3) is 0.250. The molecule has 2 rings (SSSR count). The molecule has 1 aromatic carbocycles. The highest BCUT2D eigenvalue weighted by Gasteiger charge is 2.10. The Morgan fingerprint density at radius 2 is 2.11 bits per heavy atom. The standard InChI is InChI=1S/C12H13ClN4O2/c1-3-19-11-5-9(4-10(13)12(11)18-2)6-16-17-7-14-15-8-17/h4-8H,3H2,1-2H3/b16-6-. The molecular formula is C12H13ClN4O2. The third-order valence-corrected chi connectivity index (χ3v) is 2.56. The minimum atomic E-state index is 0.471. The average Bonchev–Trinajstić information content (AvgIpc) is 2.90. The molecule has 0 saturated carbocycles. The molecule has 0 aliphatic heterocycles. The van der Waals surface area contributed by atoms with Gasteiger partial charge in [-0.15, -0.1) is 10.2 Å². The second kappa shape index (κ2) is 6.19. The number of aromatic nitrogens is 3. The summed E-state index contributed by atoms with van der Waals surface area (Å²) in [6, 6.07) is 3.55. The van der Waals surface area contributed by atoms with E-state index in [0.717, 1.165) is 5.56 Å². The van der Waals surface area contributed by atoms with E-state index in [1.807, 2.05) is 13.0 Å². The van der Waals surface area contributed by atoms with Gasteiger partial charge in [-0.2, -0.15) is 5.10 Å². The van der Waals surface area contributed by atoms with Gasteiger partial charge in [-0.05, 0) is 24.6 Å². The molecule has 0 N–H and O–H groups in total. The summed E-state index contributed by atoms with van der Waals surface area (Å²) in [4.78, 5) is 0. The third-order valence-electron chi connectivity index (χ3n) is 2.28.